The summed E-state index contributed by atoms with van der Waals surface area (Å²) < 4.78 is 7.90. The minimum atomic E-state index is 0.0663. The van der Waals surface area contributed by atoms with Gasteiger partial charge in [0.2, 0.25) is 0 Å². The molecule has 1 aliphatic carbocycles. The predicted molar refractivity (Wildman–Crippen MR) is 146 cm³/mol. The highest BCUT2D eigenvalue weighted by molar-refractivity contribution is 6.30. The zero-order valence-electron chi connectivity index (χ0n) is 21.8. The second kappa shape index (κ2) is 11.4. The molecule has 6 nitrogen and oxygen atoms in total. The summed E-state index contributed by atoms with van der Waals surface area (Å²) in [6.45, 7) is 7.22. The molecule has 0 bridgehead atoms. The first kappa shape index (κ1) is 25.9. The number of amides is 1. The molecular weight excluding hydrogens is 486 g/mol. The fraction of sp³-hybridized carbons (Fsp3) is 0.500. The quantitative estimate of drug-likeness (QED) is 0.292. The van der Waals surface area contributed by atoms with E-state index in [1.165, 1.54) is 12.8 Å². The zero-order valence-corrected chi connectivity index (χ0v) is 22.5. The number of carbonyl (C=O) groups is 2. The van der Waals surface area contributed by atoms with Crippen molar-refractivity contribution in [1.82, 2.24) is 14.7 Å². The summed E-state index contributed by atoms with van der Waals surface area (Å²) >= 11 is 5.95. The van der Waals surface area contributed by atoms with E-state index < -0.39 is 0 Å². The summed E-state index contributed by atoms with van der Waals surface area (Å²) in [7, 11) is 0. The molecule has 2 fully saturated rings. The Labute approximate surface area is 223 Å². The molecule has 0 N–H and O–H groups in total. The molecule has 5 rings (SSSR count). The van der Waals surface area contributed by atoms with Gasteiger partial charge in [-0.25, -0.2) is 0 Å². The Bertz CT molecular complexity index is 1260. The molecule has 2 heterocycles. The van der Waals surface area contributed by atoms with Gasteiger partial charge >= 0.3 is 0 Å². The minimum absolute atomic E-state index is 0.0663. The molecular formula is C30H36ClN3O3. The van der Waals surface area contributed by atoms with Crippen molar-refractivity contribution in [3.63, 3.8) is 0 Å². The average Bonchev–Trinajstić information content (AvgIpc) is 3.64. The van der Waals surface area contributed by atoms with Gasteiger partial charge in [0.25, 0.3) is 5.91 Å². The molecule has 196 valence electrons. The first-order chi connectivity index (χ1) is 17.9. The molecule has 1 atom stereocenters. The summed E-state index contributed by atoms with van der Waals surface area (Å²) in [5.74, 6) is 1.44. The first-order valence-electron chi connectivity index (χ1n) is 13.5. The number of hydrogen-bond donors (Lipinski definition) is 0. The maximum atomic E-state index is 13.0. The Kier molecular flexibility index (Phi) is 7.96. The number of ketones is 1. The molecule has 3 aromatic rings. The minimum Gasteiger partial charge on any atom is -0.378 e. The van der Waals surface area contributed by atoms with E-state index in [9.17, 15) is 9.59 Å². The van der Waals surface area contributed by atoms with Crippen LogP contribution < -0.4 is 0 Å². The molecule has 7 heteroatoms. The number of piperidine rings is 1. The van der Waals surface area contributed by atoms with Gasteiger partial charge in [0.1, 0.15) is 0 Å². The SMILES string of the molecule is Cc1c(C(=O)CCC(C)OCC2CC2)ccc2nn(CC3CCN(C(=O)c4ccc(Cl)cc4)CC3)cc12. The van der Waals surface area contributed by atoms with Gasteiger partial charge in [-0.05, 0) is 99.7 Å². The smallest absolute Gasteiger partial charge is 0.253 e. The maximum absolute atomic E-state index is 13.0. The van der Waals surface area contributed by atoms with E-state index in [-0.39, 0.29) is 17.8 Å². The van der Waals surface area contributed by atoms with Crippen LogP contribution in [-0.4, -0.2) is 52.2 Å². The molecule has 1 aromatic heterocycles. The van der Waals surface area contributed by atoms with Crippen LogP contribution in [0.25, 0.3) is 10.9 Å². The number of halogens is 1. The fourth-order valence-corrected chi connectivity index (χ4v) is 5.30. The summed E-state index contributed by atoms with van der Waals surface area (Å²) in [4.78, 5) is 27.7. The van der Waals surface area contributed by atoms with E-state index in [2.05, 4.69) is 13.1 Å². The third-order valence-corrected chi connectivity index (χ3v) is 8.09. The van der Waals surface area contributed by atoms with Crippen LogP contribution in [0.3, 0.4) is 0 Å². The van der Waals surface area contributed by atoms with E-state index in [1.54, 1.807) is 24.3 Å². The van der Waals surface area contributed by atoms with E-state index in [0.29, 0.717) is 22.9 Å². The number of ether oxygens (including phenoxy) is 1. The van der Waals surface area contributed by atoms with Crippen LogP contribution in [0.15, 0.2) is 42.6 Å². The number of carbonyl (C=O) groups excluding carboxylic acids is 2. The Hall–Kier alpha value is -2.70. The van der Waals surface area contributed by atoms with Crippen LogP contribution in [0.2, 0.25) is 5.02 Å². The highest BCUT2D eigenvalue weighted by atomic mass is 35.5. The monoisotopic (exact) mass is 521 g/mol. The number of aryl methyl sites for hydroxylation is 1. The van der Waals surface area contributed by atoms with Crippen molar-refractivity contribution in [2.45, 2.75) is 65.0 Å². The number of nitrogens with zero attached hydrogens (tertiary/aromatic N) is 3. The summed E-state index contributed by atoms with van der Waals surface area (Å²) in [6, 6.07) is 11.0. The third kappa shape index (κ3) is 6.42. The van der Waals surface area contributed by atoms with Gasteiger partial charge in [-0.3, -0.25) is 14.3 Å². The average molecular weight is 522 g/mol. The zero-order chi connectivity index (χ0) is 25.9. The largest absolute Gasteiger partial charge is 0.378 e. The van der Waals surface area contributed by atoms with Crippen molar-refractivity contribution in [3.8, 4) is 0 Å². The number of rotatable bonds is 10. The second-order valence-corrected chi connectivity index (χ2v) is 11.3. The normalized spacial score (nSPS) is 17.3. The van der Waals surface area contributed by atoms with Crippen molar-refractivity contribution in [1.29, 1.82) is 0 Å². The number of hydrogen-bond acceptors (Lipinski definition) is 4. The second-order valence-electron chi connectivity index (χ2n) is 10.8. The van der Waals surface area contributed by atoms with Crippen molar-refractivity contribution >= 4 is 34.2 Å². The van der Waals surface area contributed by atoms with Crippen LogP contribution >= 0.6 is 11.6 Å². The summed E-state index contributed by atoms with van der Waals surface area (Å²) in [5, 5.41) is 6.47. The summed E-state index contributed by atoms with van der Waals surface area (Å²) in [5.41, 5.74) is 3.40. The van der Waals surface area contributed by atoms with E-state index in [0.717, 1.165) is 73.5 Å². The molecule has 0 radical (unpaired) electrons. The Morgan fingerprint density at radius 2 is 1.78 bits per heavy atom. The third-order valence-electron chi connectivity index (χ3n) is 7.84. The van der Waals surface area contributed by atoms with Crippen molar-refractivity contribution in [2.24, 2.45) is 11.8 Å². The number of likely N-dealkylation sites (tertiary alicyclic amines) is 1. The van der Waals surface area contributed by atoms with Gasteiger partial charge in [0.05, 0.1) is 11.6 Å². The lowest BCUT2D eigenvalue weighted by molar-refractivity contribution is 0.0500. The lowest BCUT2D eigenvalue weighted by Gasteiger charge is -2.32. The fourth-order valence-electron chi connectivity index (χ4n) is 5.17. The lowest BCUT2D eigenvalue weighted by atomic mass is 9.96. The van der Waals surface area contributed by atoms with E-state index >= 15 is 0 Å². The van der Waals surface area contributed by atoms with Gasteiger partial charge in [-0.1, -0.05) is 11.6 Å². The number of aromatic nitrogens is 2. The Balaban J connectivity index is 1.15. The number of Topliss-reactive ketones (excluding diaryl/α,β-unsaturated/α-hetero) is 1. The van der Waals surface area contributed by atoms with Gasteiger partial charge < -0.3 is 9.64 Å². The molecule has 1 saturated heterocycles. The van der Waals surface area contributed by atoms with E-state index in [4.69, 9.17) is 21.4 Å². The molecule has 0 spiro atoms. The van der Waals surface area contributed by atoms with Crippen LogP contribution in [0.5, 0.6) is 0 Å². The highest BCUT2D eigenvalue weighted by Crippen LogP contribution is 2.30. The molecule has 1 unspecified atom stereocenters. The van der Waals surface area contributed by atoms with E-state index in [1.807, 2.05) is 28.6 Å². The molecule has 1 aliphatic heterocycles. The van der Waals surface area contributed by atoms with Crippen LogP contribution in [0.4, 0.5) is 0 Å². The van der Waals surface area contributed by atoms with Crippen molar-refractivity contribution in [2.75, 3.05) is 19.7 Å². The van der Waals surface area contributed by atoms with Gasteiger partial charge in [-0.15, -0.1) is 0 Å². The van der Waals surface area contributed by atoms with Gasteiger partial charge in [0, 0.05) is 60.4 Å². The van der Waals surface area contributed by atoms with Crippen LogP contribution in [0, 0.1) is 18.8 Å². The van der Waals surface area contributed by atoms with Crippen LogP contribution in [0.1, 0.15) is 71.7 Å². The van der Waals surface area contributed by atoms with Gasteiger partial charge in [0.15, 0.2) is 5.78 Å². The maximum Gasteiger partial charge on any atom is 0.253 e. The standard InChI is InChI=1S/C30H36ClN3O3/c1-20(37-19-23-4-5-23)3-12-29(35)26-10-11-28-27(21(26)2)18-34(32-28)17-22-13-15-33(16-14-22)30(36)24-6-8-25(31)9-7-24/h6-11,18,20,22-23H,3-5,12-17,19H2,1-2H3. The van der Waals surface area contributed by atoms with Crippen molar-refractivity contribution < 1.29 is 14.3 Å². The molecule has 1 amide bonds. The predicted octanol–water partition coefficient (Wildman–Crippen LogP) is 6.33. The highest BCUT2D eigenvalue weighted by Gasteiger charge is 2.25. The molecule has 2 aromatic carbocycles. The molecule has 1 saturated carbocycles. The Morgan fingerprint density at radius 3 is 2.49 bits per heavy atom. The number of fused-ring (bicyclic) bond motifs is 1. The topological polar surface area (TPSA) is 64.4 Å². The lowest BCUT2D eigenvalue weighted by Crippen LogP contribution is -2.39. The summed E-state index contributed by atoms with van der Waals surface area (Å²) in [6.07, 6.45) is 7.89. The Morgan fingerprint density at radius 1 is 1.05 bits per heavy atom. The first-order valence-corrected chi connectivity index (χ1v) is 13.9. The van der Waals surface area contributed by atoms with Gasteiger partial charge in [-0.2, -0.15) is 5.10 Å². The molecule has 37 heavy (non-hydrogen) atoms. The van der Waals surface area contributed by atoms with Crippen molar-refractivity contribution in [3.05, 3.63) is 64.3 Å². The van der Waals surface area contributed by atoms with Crippen LogP contribution in [-0.2, 0) is 11.3 Å². The number of benzene rings is 2. The molecule has 2 aliphatic rings.